The van der Waals surface area contributed by atoms with Crippen LogP contribution in [-0.2, 0) is 0 Å². The van der Waals surface area contributed by atoms with E-state index in [1.54, 1.807) is 12.1 Å². The van der Waals surface area contributed by atoms with Crippen molar-refractivity contribution in [2.24, 2.45) is 0 Å². The first-order valence-corrected chi connectivity index (χ1v) is 7.28. The molecule has 7 heteroatoms. The minimum Gasteiger partial charge on any atom is -0.478 e. The fourth-order valence-electron chi connectivity index (χ4n) is 2.62. The first kappa shape index (κ1) is 15.9. The van der Waals surface area contributed by atoms with Gasteiger partial charge in [-0.05, 0) is 30.3 Å². The smallest absolute Gasteiger partial charge is 0.335 e. The quantitative estimate of drug-likeness (QED) is 0.927. The highest BCUT2D eigenvalue weighted by Gasteiger charge is 2.31. The van der Waals surface area contributed by atoms with Gasteiger partial charge in [-0.25, -0.2) is 18.4 Å². The normalized spacial score (nSPS) is 14.5. The lowest BCUT2D eigenvalue weighted by Crippen LogP contribution is -2.31. The van der Waals surface area contributed by atoms with Crippen molar-refractivity contribution < 1.29 is 23.5 Å². The number of halogens is 2. The number of hydrogen-bond acceptors (Lipinski definition) is 2. The second-order valence-electron chi connectivity index (χ2n) is 5.33. The molecule has 1 fully saturated rings. The minimum atomic E-state index is -2.55. The van der Waals surface area contributed by atoms with Gasteiger partial charge in [-0.1, -0.05) is 18.2 Å². The highest BCUT2D eigenvalue weighted by molar-refractivity contribution is 6.06. The molecule has 0 saturated carbocycles. The van der Waals surface area contributed by atoms with Crippen LogP contribution in [0.4, 0.5) is 25.0 Å². The summed E-state index contributed by atoms with van der Waals surface area (Å²) in [6, 6.07) is 11.4. The zero-order valence-electron chi connectivity index (χ0n) is 12.5. The van der Waals surface area contributed by atoms with Crippen molar-refractivity contribution in [2.75, 3.05) is 22.9 Å². The summed E-state index contributed by atoms with van der Waals surface area (Å²) in [6.07, 6.45) is -2.55. The van der Waals surface area contributed by atoms with Crippen LogP contribution in [-0.4, -0.2) is 30.2 Å². The lowest BCUT2D eigenvalue weighted by molar-refractivity contribution is 0.0697. The van der Waals surface area contributed by atoms with Crippen LogP contribution in [0.2, 0.25) is 0 Å². The topological polar surface area (TPSA) is 60.9 Å². The molecule has 1 aliphatic rings. The standard InChI is InChI=1S/C17H14F2N2O3/c18-15(19)11-4-6-13(7-5-11)20-8-9-21(17(20)24)14-3-1-2-12(10-14)16(22)23/h1-7,10,15H,8-9H2,(H,22,23). The largest absolute Gasteiger partial charge is 0.478 e. The van der Waals surface area contributed by atoms with Gasteiger partial charge in [-0.15, -0.1) is 0 Å². The number of rotatable bonds is 4. The number of anilines is 2. The number of urea groups is 1. The van der Waals surface area contributed by atoms with Gasteiger partial charge < -0.3 is 5.11 Å². The number of aromatic carboxylic acids is 1. The zero-order chi connectivity index (χ0) is 17.3. The Kier molecular flexibility index (Phi) is 4.16. The summed E-state index contributed by atoms with van der Waals surface area (Å²) in [5.41, 5.74) is 1.02. The molecule has 2 aromatic carbocycles. The third kappa shape index (κ3) is 2.92. The van der Waals surface area contributed by atoms with E-state index < -0.39 is 12.4 Å². The number of hydrogen-bond donors (Lipinski definition) is 1. The fraction of sp³-hybridized carbons (Fsp3) is 0.176. The molecule has 3 rings (SSSR count). The fourth-order valence-corrected chi connectivity index (χ4v) is 2.62. The molecular formula is C17H14F2N2O3. The molecule has 5 nitrogen and oxygen atoms in total. The van der Waals surface area contributed by atoms with Crippen LogP contribution in [0.15, 0.2) is 48.5 Å². The number of nitrogens with zero attached hydrogens (tertiary/aromatic N) is 2. The van der Waals surface area contributed by atoms with Crippen LogP contribution < -0.4 is 9.80 Å². The van der Waals surface area contributed by atoms with Crippen LogP contribution in [0.5, 0.6) is 0 Å². The maximum Gasteiger partial charge on any atom is 0.335 e. The van der Waals surface area contributed by atoms with Crippen molar-refractivity contribution >= 4 is 23.4 Å². The maximum absolute atomic E-state index is 12.6. The molecule has 24 heavy (non-hydrogen) atoms. The number of benzene rings is 2. The van der Waals surface area contributed by atoms with Gasteiger partial charge in [0.05, 0.1) is 5.56 Å². The van der Waals surface area contributed by atoms with E-state index in [0.29, 0.717) is 24.5 Å². The molecule has 0 aromatic heterocycles. The molecule has 0 radical (unpaired) electrons. The van der Waals surface area contributed by atoms with Crippen LogP contribution in [0.1, 0.15) is 22.3 Å². The summed E-state index contributed by atoms with van der Waals surface area (Å²) in [5, 5.41) is 9.04. The third-order valence-electron chi connectivity index (χ3n) is 3.87. The van der Waals surface area contributed by atoms with Crippen LogP contribution >= 0.6 is 0 Å². The molecule has 1 N–H and O–H groups in total. The second-order valence-corrected chi connectivity index (χ2v) is 5.33. The predicted octanol–water partition coefficient (Wildman–Crippen LogP) is 3.77. The van der Waals surface area contributed by atoms with Gasteiger partial charge in [0.1, 0.15) is 0 Å². The van der Waals surface area contributed by atoms with E-state index in [2.05, 4.69) is 0 Å². The number of carboxylic acids is 1. The van der Waals surface area contributed by atoms with Crippen LogP contribution in [0, 0.1) is 0 Å². The van der Waals surface area contributed by atoms with Crippen molar-refractivity contribution in [1.82, 2.24) is 0 Å². The molecule has 2 amide bonds. The number of carboxylic acid groups (broad SMARTS) is 1. The number of carbonyl (C=O) groups is 2. The van der Waals surface area contributed by atoms with E-state index in [-0.39, 0.29) is 17.2 Å². The Balaban J connectivity index is 1.82. The summed E-state index contributed by atoms with van der Waals surface area (Å²) < 4.78 is 25.2. The van der Waals surface area contributed by atoms with E-state index >= 15 is 0 Å². The Morgan fingerprint density at radius 3 is 2.21 bits per heavy atom. The van der Waals surface area contributed by atoms with Crippen molar-refractivity contribution in [3.8, 4) is 0 Å². The third-order valence-corrected chi connectivity index (χ3v) is 3.87. The molecule has 0 aliphatic carbocycles. The van der Waals surface area contributed by atoms with Gasteiger partial charge in [0.25, 0.3) is 6.43 Å². The molecule has 124 valence electrons. The monoisotopic (exact) mass is 332 g/mol. The van der Waals surface area contributed by atoms with Crippen LogP contribution in [0.25, 0.3) is 0 Å². The molecule has 0 bridgehead atoms. The Morgan fingerprint density at radius 1 is 1.00 bits per heavy atom. The highest BCUT2D eigenvalue weighted by Crippen LogP contribution is 2.27. The molecule has 0 spiro atoms. The van der Waals surface area contributed by atoms with Crippen molar-refractivity contribution in [1.29, 1.82) is 0 Å². The minimum absolute atomic E-state index is 0.0973. The summed E-state index contributed by atoms with van der Waals surface area (Å²) in [7, 11) is 0. The Bertz CT molecular complexity index is 778. The number of carbonyl (C=O) groups excluding carboxylic acids is 1. The van der Waals surface area contributed by atoms with Crippen LogP contribution in [0.3, 0.4) is 0 Å². The summed E-state index contributed by atoms with van der Waals surface area (Å²) in [5.74, 6) is -1.07. The second kappa shape index (κ2) is 6.27. The number of alkyl halides is 2. The Morgan fingerprint density at radius 2 is 1.62 bits per heavy atom. The van der Waals surface area contributed by atoms with Gasteiger partial charge in [-0.3, -0.25) is 9.80 Å². The van der Waals surface area contributed by atoms with Crippen molar-refractivity contribution in [3.63, 3.8) is 0 Å². The Labute approximate surface area is 136 Å². The molecular weight excluding hydrogens is 318 g/mol. The van der Waals surface area contributed by atoms with Gasteiger partial charge in [0.15, 0.2) is 0 Å². The first-order valence-electron chi connectivity index (χ1n) is 7.28. The molecule has 0 unspecified atom stereocenters. The van der Waals surface area contributed by atoms with Crippen molar-refractivity contribution in [3.05, 3.63) is 59.7 Å². The average molecular weight is 332 g/mol. The van der Waals surface area contributed by atoms with Gasteiger partial charge in [-0.2, -0.15) is 0 Å². The SMILES string of the molecule is O=C(O)c1cccc(N2CCN(c3ccc(C(F)F)cc3)C2=O)c1. The first-order chi connectivity index (χ1) is 11.5. The highest BCUT2D eigenvalue weighted by atomic mass is 19.3. The summed E-state index contributed by atoms with van der Waals surface area (Å²) in [4.78, 5) is 26.6. The predicted molar refractivity (Wildman–Crippen MR) is 84.9 cm³/mol. The number of amides is 2. The van der Waals surface area contributed by atoms with E-state index in [4.69, 9.17) is 5.11 Å². The maximum atomic E-state index is 12.6. The Hall–Kier alpha value is -2.96. The van der Waals surface area contributed by atoms with Gasteiger partial charge in [0, 0.05) is 30.0 Å². The molecule has 1 saturated heterocycles. The lowest BCUT2D eigenvalue weighted by atomic mass is 10.2. The van der Waals surface area contributed by atoms with E-state index in [9.17, 15) is 18.4 Å². The molecule has 0 atom stereocenters. The van der Waals surface area contributed by atoms with Gasteiger partial charge in [0.2, 0.25) is 0 Å². The average Bonchev–Trinajstić information content (AvgIpc) is 2.96. The van der Waals surface area contributed by atoms with E-state index in [1.807, 2.05) is 0 Å². The summed E-state index contributed by atoms with van der Waals surface area (Å²) in [6.45, 7) is 0.780. The molecule has 2 aromatic rings. The van der Waals surface area contributed by atoms with Crippen molar-refractivity contribution in [2.45, 2.75) is 6.43 Å². The zero-order valence-corrected chi connectivity index (χ0v) is 12.5. The molecule has 1 aliphatic heterocycles. The summed E-state index contributed by atoms with van der Waals surface area (Å²) >= 11 is 0. The van der Waals surface area contributed by atoms with Gasteiger partial charge >= 0.3 is 12.0 Å². The van der Waals surface area contributed by atoms with E-state index in [0.717, 1.165) is 0 Å². The molecule has 1 heterocycles. The lowest BCUT2D eigenvalue weighted by Gasteiger charge is -2.19. The van der Waals surface area contributed by atoms with E-state index in [1.165, 1.54) is 46.2 Å².